The lowest BCUT2D eigenvalue weighted by atomic mass is 10.0. The van der Waals surface area contributed by atoms with E-state index in [4.69, 9.17) is 5.73 Å². The van der Waals surface area contributed by atoms with Crippen LogP contribution in [0.4, 0.5) is 20.3 Å². The van der Waals surface area contributed by atoms with Crippen LogP contribution in [0.5, 0.6) is 0 Å². The third kappa shape index (κ3) is 4.32. The average Bonchev–Trinajstić information content (AvgIpc) is 3.34. The number of hydrogen-bond acceptors (Lipinski definition) is 7. The Balaban J connectivity index is 1.85. The van der Waals surface area contributed by atoms with Gasteiger partial charge in [0.1, 0.15) is 15.4 Å². The van der Waals surface area contributed by atoms with Crippen LogP contribution >= 0.6 is 11.3 Å². The van der Waals surface area contributed by atoms with E-state index in [1.54, 1.807) is 30.3 Å². The molecule has 0 aliphatic heterocycles. The maximum absolute atomic E-state index is 13.5. The fraction of sp³-hybridized carbons (Fsp3) is 0.143. The lowest BCUT2D eigenvalue weighted by Crippen LogP contribution is -2.22. The lowest BCUT2D eigenvalue weighted by Gasteiger charge is -2.10. The van der Waals surface area contributed by atoms with Crippen molar-refractivity contribution in [3.63, 3.8) is 0 Å². The second-order valence-corrected chi connectivity index (χ2v) is 8.22. The van der Waals surface area contributed by atoms with Crippen LogP contribution in [0.3, 0.4) is 0 Å². The van der Waals surface area contributed by atoms with Crippen LogP contribution in [0.15, 0.2) is 42.5 Å². The van der Waals surface area contributed by atoms with Crippen LogP contribution in [-0.4, -0.2) is 31.5 Å². The number of thiophene rings is 1. The highest BCUT2D eigenvalue weighted by Crippen LogP contribution is 2.42. The fourth-order valence-corrected chi connectivity index (χ4v) is 4.49. The molecular weight excluding hydrogens is 470 g/mol. The topological polar surface area (TPSA) is 146 Å². The molecule has 0 atom stereocenters. The molecule has 0 saturated heterocycles. The molecule has 0 radical (unpaired) electrons. The van der Waals surface area contributed by atoms with Crippen molar-refractivity contribution < 1.29 is 23.3 Å². The van der Waals surface area contributed by atoms with Gasteiger partial charge in [0.2, 0.25) is 0 Å². The molecule has 1 aromatic carbocycles. The zero-order valence-corrected chi connectivity index (χ0v) is 18.3. The number of rotatable bonds is 7. The Labute approximate surface area is 194 Å². The molecule has 2 amide bonds. The Morgan fingerprint density at radius 2 is 1.97 bits per heavy atom. The predicted molar refractivity (Wildman–Crippen MR) is 121 cm³/mol. The lowest BCUT2D eigenvalue weighted by molar-refractivity contribution is -0.392. The Morgan fingerprint density at radius 1 is 1.26 bits per heavy atom. The van der Waals surface area contributed by atoms with E-state index in [-0.39, 0.29) is 26.6 Å². The summed E-state index contributed by atoms with van der Waals surface area (Å²) in [5.41, 5.74) is 6.21. The van der Waals surface area contributed by atoms with E-state index in [9.17, 15) is 28.5 Å². The van der Waals surface area contributed by atoms with E-state index in [1.807, 2.05) is 0 Å². The molecule has 3 aromatic heterocycles. The van der Waals surface area contributed by atoms with Gasteiger partial charge in [-0.05, 0) is 29.0 Å². The third-order valence-electron chi connectivity index (χ3n) is 4.84. The van der Waals surface area contributed by atoms with Gasteiger partial charge in [-0.15, -0.1) is 16.0 Å². The van der Waals surface area contributed by atoms with E-state index in [0.717, 1.165) is 16.0 Å². The van der Waals surface area contributed by atoms with Gasteiger partial charge in [0.25, 0.3) is 18.2 Å². The molecule has 0 fully saturated rings. The molecule has 174 valence electrons. The molecule has 0 spiro atoms. The first kappa shape index (κ1) is 22.9. The van der Waals surface area contributed by atoms with E-state index in [1.165, 1.54) is 19.1 Å². The van der Waals surface area contributed by atoms with Gasteiger partial charge in [0, 0.05) is 5.39 Å². The molecule has 0 aliphatic carbocycles. The van der Waals surface area contributed by atoms with Crippen molar-refractivity contribution in [1.29, 1.82) is 0 Å². The number of nitrogens with zero attached hydrogens (tertiary/aromatic N) is 4. The Kier molecular flexibility index (Phi) is 6.03. The smallest absolute Gasteiger partial charge is 0.345 e. The van der Waals surface area contributed by atoms with Crippen molar-refractivity contribution in [1.82, 2.24) is 14.8 Å². The summed E-state index contributed by atoms with van der Waals surface area (Å²) in [6.45, 7) is 1.01. The number of hydrogen-bond donors (Lipinski definition) is 2. The second kappa shape index (κ2) is 8.94. The maximum Gasteiger partial charge on any atom is 0.345 e. The standard InChI is InChI=1S/C21H16F2N6O4S/c1-10-7-15(29(32)33)28(27-10)9-14(30)26-17-16-12(11-5-3-2-4-6-11)8-13(19(22)23)25-21(16)34-18(17)20(24)31/h2-8,19H,9H2,1H3,(H2,24,31)(H,26,30). The SMILES string of the molecule is Cc1cc([N+](=O)[O-])n(CC(=O)Nc2c(C(N)=O)sc3nc(C(F)F)cc(-c4ccccc4)c23)n1. The minimum Gasteiger partial charge on any atom is -0.365 e. The summed E-state index contributed by atoms with van der Waals surface area (Å²) >= 11 is 0.768. The number of nitro groups is 1. The van der Waals surface area contributed by atoms with Crippen LogP contribution in [0.2, 0.25) is 0 Å². The molecule has 10 nitrogen and oxygen atoms in total. The number of halogens is 2. The van der Waals surface area contributed by atoms with Crippen LogP contribution in [0.25, 0.3) is 21.3 Å². The molecule has 0 bridgehead atoms. The molecule has 13 heteroatoms. The Bertz CT molecular complexity index is 1430. The summed E-state index contributed by atoms with van der Waals surface area (Å²) in [7, 11) is 0. The van der Waals surface area contributed by atoms with Gasteiger partial charge >= 0.3 is 5.82 Å². The van der Waals surface area contributed by atoms with Gasteiger partial charge in [-0.3, -0.25) is 9.59 Å². The highest BCUT2D eigenvalue weighted by molar-refractivity contribution is 7.21. The van der Waals surface area contributed by atoms with Gasteiger partial charge in [-0.25, -0.2) is 13.8 Å². The number of aryl methyl sites for hydroxylation is 1. The van der Waals surface area contributed by atoms with Crippen molar-refractivity contribution in [2.75, 3.05) is 5.32 Å². The van der Waals surface area contributed by atoms with E-state index >= 15 is 0 Å². The largest absolute Gasteiger partial charge is 0.365 e. The number of primary amides is 1. The van der Waals surface area contributed by atoms with Crippen LogP contribution in [0, 0.1) is 17.0 Å². The number of amides is 2. The zero-order chi connectivity index (χ0) is 24.6. The molecule has 0 unspecified atom stereocenters. The first-order valence-corrected chi connectivity index (χ1v) is 10.6. The average molecular weight is 486 g/mol. The minimum atomic E-state index is -2.87. The van der Waals surface area contributed by atoms with Gasteiger partial charge in [-0.1, -0.05) is 35.4 Å². The minimum absolute atomic E-state index is 0.00352. The van der Waals surface area contributed by atoms with Crippen LogP contribution < -0.4 is 11.1 Å². The Hall–Kier alpha value is -4.26. The molecule has 34 heavy (non-hydrogen) atoms. The number of aromatic nitrogens is 3. The molecule has 3 N–H and O–H groups in total. The first-order chi connectivity index (χ1) is 16.2. The number of fused-ring (bicyclic) bond motifs is 1. The fourth-order valence-electron chi connectivity index (χ4n) is 3.48. The summed E-state index contributed by atoms with van der Waals surface area (Å²) < 4.78 is 28.0. The number of carbonyl (C=O) groups excluding carboxylic acids is 2. The number of alkyl halides is 2. The summed E-state index contributed by atoms with van der Waals surface area (Å²) in [6.07, 6.45) is -2.87. The number of nitrogens with one attached hydrogen (secondary N) is 1. The van der Waals surface area contributed by atoms with E-state index in [0.29, 0.717) is 16.8 Å². The predicted octanol–water partition coefficient (Wildman–Crippen LogP) is 4.05. The molecule has 0 saturated carbocycles. The van der Waals surface area contributed by atoms with Crippen LogP contribution in [-0.2, 0) is 11.3 Å². The maximum atomic E-state index is 13.5. The van der Waals surface area contributed by atoms with Crippen LogP contribution in [0.1, 0.15) is 27.5 Å². The summed E-state index contributed by atoms with van der Waals surface area (Å²) in [5.74, 6) is -2.01. The third-order valence-corrected chi connectivity index (χ3v) is 5.94. The molecule has 3 heterocycles. The number of nitrogens with two attached hydrogens (primary N) is 1. The summed E-state index contributed by atoms with van der Waals surface area (Å²) in [4.78, 5) is 39.5. The molecule has 4 aromatic rings. The Morgan fingerprint density at radius 3 is 2.59 bits per heavy atom. The molecule has 4 rings (SSSR count). The van der Waals surface area contributed by atoms with E-state index in [2.05, 4.69) is 15.4 Å². The highest BCUT2D eigenvalue weighted by Gasteiger charge is 2.26. The number of pyridine rings is 1. The van der Waals surface area contributed by atoms with Gasteiger partial charge < -0.3 is 21.2 Å². The summed E-state index contributed by atoms with van der Waals surface area (Å²) in [5, 5.41) is 18.0. The van der Waals surface area contributed by atoms with Gasteiger partial charge in [-0.2, -0.15) is 0 Å². The first-order valence-electron chi connectivity index (χ1n) is 9.75. The van der Waals surface area contributed by atoms with Crippen molar-refractivity contribution in [3.8, 4) is 11.1 Å². The summed E-state index contributed by atoms with van der Waals surface area (Å²) in [6, 6.07) is 11.0. The van der Waals surface area contributed by atoms with Crippen molar-refractivity contribution in [3.05, 3.63) is 68.8 Å². The quantitative estimate of drug-likeness (QED) is 0.298. The number of benzene rings is 1. The van der Waals surface area contributed by atoms with Crippen molar-refractivity contribution in [2.24, 2.45) is 5.73 Å². The zero-order valence-electron chi connectivity index (χ0n) is 17.5. The van der Waals surface area contributed by atoms with E-state index < -0.39 is 35.4 Å². The highest BCUT2D eigenvalue weighted by atomic mass is 32.1. The second-order valence-electron chi connectivity index (χ2n) is 7.22. The normalized spacial score (nSPS) is 11.2. The monoisotopic (exact) mass is 486 g/mol. The molecule has 0 aliphatic rings. The molecular formula is C21H16F2N6O4S. The van der Waals surface area contributed by atoms with Gasteiger partial charge in [0.15, 0.2) is 6.54 Å². The number of carbonyl (C=O) groups is 2. The van der Waals surface area contributed by atoms with Crippen molar-refractivity contribution >= 4 is 44.9 Å². The number of anilines is 1. The van der Waals surface area contributed by atoms with Gasteiger partial charge in [0.05, 0.1) is 17.4 Å². The van der Waals surface area contributed by atoms with Crippen molar-refractivity contribution in [2.45, 2.75) is 19.9 Å².